The summed E-state index contributed by atoms with van der Waals surface area (Å²) in [4.78, 5) is 11.7. The van der Waals surface area contributed by atoms with Crippen molar-refractivity contribution in [3.63, 3.8) is 0 Å². The zero-order valence-corrected chi connectivity index (χ0v) is 10.5. The number of hydrogen-bond acceptors (Lipinski definition) is 3. The summed E-state index contributed by atoms with van der Waals surface area (Å²) < 4.78 is 16.6. The fraction of sp³-hybridized carbons (Fsp3) is 0.500. The Morgan fingerprint density at radius 3 is 2.50 bits per heavy atom. The van der Waals surface area contributed by atoms with Gasteiger partial charge in [-0.05, 0) is 6.42 Å². The zero-order valence-electron chi connectivity index (χ0n) is 9.59. The summed E-state index contributed by atoms with van der Waals surface area (Å²) in [5, 5.41) is 0.255. The zero-order chi connectivity index (χ0) is 11.9. The van der Waals surface area contributed by atoms with Crippen molar-refractivity contribution in [2.45, 2.75) is 32.6 Å². The molecule has 4 heteroatoms. The maximum atomic E-state index is 11.7. The van der Waals surface area contributed by atoms with Gasteiger partial charge in [0.05, 0.1) is 6.61 Å². The molecule has 0 amide bonds. The lowest BCUT2D eigenvalue weighted by molar-refractivity contribution is -0.193. The Balaban J connectivity index is 2.38. The van der Waals surface area contributed by atoms with Crippen LogP contribution >= 0.6 is 7.60 Å². The van der Waals surface area contributed by atoms with Crippen molar-refractivity contribution in [1.82, 2.24) is 0 Å². The van der Waals surface area contributed by atoms with E-state index in [0.29, 0.717) is 0 Å². The summed E-state index contributed by atoms with van der Waals surface area (Å²) in [5.41, 5.74) is 0. The molecule has 0 heterocycles. The largest absolute Gasteiger partial charge is 0.775 e. The molecule has 0 aliphatic carbocycles. The predicted molar refractivity (Wildman–Crippen MR) is 63.8 cm³/mol. The minimum Gasteiger partial charge on any atom is -0.775 e. The molecule has 0 aliphatic rings. The molecule has 1 aromatic rings. The second-order valence-corrected chi connectivity index (χ2v) is 5.50. The highest BCUT2D eigenvalue weighted by atomic mass is 31.2. The van der Waals surface area contributed by atoms with E-state index in [9.17, 15) is 9.46 Å². The van der Waals surface area contributed by atoms with Gasteiger partial charge in [-0.2, -0.15) is 0 Å². The number of unbranched alkanes of at least 4 members (excludes halogenated alkanes) is 3. The fourth-order valence-electron chi connectivity index (χ4n) is 1.40. The molecule has 0 aliphatic heterocycles. The van der Waals surface area contributed by atoms with E-state index >= 15 is 0 Å². The molecule has 90 valence electrons. The van der Waals surface area contributed by atoms with Gasteiger partial charge in [0.15, 0.2) is 7.60 Å². The minimum atomic E-state index is -3.84. The fourth-order valence-corrected chi connectivity index (χ4v) is 2.45. The van der Waals surface area contributed by atoms with Gasteiger partial charge in [-0.3, -0.25) is 0 Å². The van der Waals surface area contributed by atoms with E-state index in [-0.39, 0.29) is 11.9 Å². The Labute approximate surface area is 97.0 Å². The van der Waals surface area contributed by atoms with Gasteiger partial charge in [-0.25, -0.2) is 0 Å². The minimum absolute atomic E-state index is 0.255. The molecule has 0 aromatic heterocycles. The Hall–Kier alpha value is -0.630. The maximum Gasteiger partial charge on any atom is 0.165 e. The SMILES string of the molecule is CCCCCCOP(=O)([O-])c1ccccc1. The average Bonchev–Trinajstić information content (AvgIpc) is 2.30. The maximum absolute atomic E-state index is 11.7. The van der Waals surface area contributed by atoms with E-state index in [1.54, 1.807) is 30.3 Å². The summed E-state index contributed by atoms with van der Waals surface area (Å²) in [5.74, 6) is 0. The Kier molecular flexibility index (Phi) is 5.75. The average molecular weight is 241 g/mol. The van der Waals surface area contributed by atoms with Crippen molar-refractivity contribution in [3.05, 3.63) is 30.3 Å². The molecular formula is C12H18O3P-. The molecule has 0 radical (unpaired) electrons. The summed E-state index contributed by atoms with van der Waals surface area (Å²) in [7, 11) is -3.84. The van der Waals surface area contributed by atoms with Crippen molar-refractivity contribution in [2.75, 3.05) is 6.61 Å². The molecular weight excluding hydrogens is 223 g/mol. The summed E-state index contributed by atoms with van der Waals surface area (Å²) in [6, 6.07) is 8.28. The van der Waals surface area contributed by atoms with E-state index < -0.39 is 7.60 Å². The molecule has 1 aromatic carbocycles. The molecule has 0 fully saturated rings. The highest BCUT2D eigenvalue weighted by molar-refractivity contribution is 7.59. The molecule has 0 spiro atoms. The molecule has 0 saturated heterocycles. The first-order valence-electron chi connectivity index (χ1n) is 5.68. The lowest BCUT2D eigenvalue weighted by atomic mass is 10.2. The summed E-state index contributed by atoms with van der Waals surface area (Å²) in [6.07, 6.45) is 4.07. The monoisotopic (exact) mass is 241 g/mol. The molecule has 0 bridgehead atoms. The number of benzene rings is 1. The van der Waals surface area contributed by atoms with E-state index in [2.05, 4.69) is 6.92 Å². The topological polar surface area (TPSA) is 49.4 Å². The van der Waals surface area contributed by atoms with Crippen LogP contribution in [0.2, 0.25) is 0 Å². The van der Waals surface area contributed by atoms with E-state index in [0.717, 1.165) is 25.7 Å². The molecule has 1 atom stereocenters. The standard InChI is InChI=1S/C12H19O3P/c1-2-3-4-8-11-15-16(13,14)12-9-6-5-7-10-12/h5-7,9-10H,2-4,8,11H2,1H3,(H,13,14)/p-1. The van der Waals surface area contributed by atoms with Crippen LogP contribution in [-0.2, 0) is 9.09 Å². The molecule has 1 unspecified atom stereocenters. The third kappa shape index (κ3) is 4.48. The lowest BCUT2D eigenvalue weighted by Crippen LogP contribution is -2.17. The predicted octanol–water partition coefficient (Wildman–Crippen LogP) is 2.46. The smallest absolute Gasteiger partial charge is 0.165 e. The molecule has 0 saturated carbocycles. The molecule has 3 nitrogen and oxygen atoms in total. The van der Waals surface area contributed by atoms with Gasteiger partial charge < -0.3 is 14.0 Å². The van der Waals surface area contributed by atoms with Crippen molar-refractivity contribution >= 4 is 12.9 Å². The van der Waals surface area contributed by atoms with Gasteiger partial charge in [0.25, 0.3) is 0 Å². The number of hydrogen-bond donors (Lipinski definition) is 0. The first kappa shape index (κ1) is 13.4. The van der Waals surface area contributed by atoms with Crippen LogP contribution < -0.4 is 10.2 Å². The van der Waals surface area contributed by atoms with Crippen molar-refractivity contribution in [1.29, 1.82) is 0 Å². The highest BCUT2D eigenvalue weighted by Gasteiger charge is 2.10. The normalized spacial score (nSPS) is 14.6. The molecule has 16 heavy (non-hydrogen) atoms. The van der Waals surface area contributed by atoms with Crippen molar-refractivity contribution < 1.29 is 14.0 Å². The second kappa shape index (κ2) is 6.85. The Morgan fingerprint density at radius 1 is 1.19 bits per heavy atom. The Bertz CT molecular complexity index is 337. The van der Waals surface area contributed by atoms with Crippen LogP contribution in [-0.4, -0.2) is 6.61 Å². The van der Waals surface area contributed by atoms with Gasteiger partial charge in [-0.15, -0.1) is 0 Å². The summed E-state index contributed by atoms with van der Waals surface area (Å²) in [6.45, 7) is 2.40. The van der Waals surface area contributed by atoms with Crippen LogP contribution in [0, 0.1) is 0 Å². The van der Waals surface area contributed by atoms with E-state index in [1.165, 1.54) is 0 Å². The van der Waals surface area contributed by atoms with E-state index in [4.69, 9.17) is 4.52 Å². The second-order valence-electron chi connectivity index (χ2n) is 3.73. The first-order valence-corrected chi connectivity index (χ1v) is 7.22. The number of rotatable bonds is 7. The third-order valence-electron chi connectivity index (χ3n) is 2.33. The lowest BCUT2D eigenvalue weighted by Gasteiger charge is -2.23. The van der Waals surface area contributed by atoms with E-state index in [1.807, 2.05) is 0 Å². The van der Waals surface area contributed by atoms with Crippen LogP contribution in [0.25, 0.3) is 0 Å². The van der Waals surface area contributed by atoms with Gasteiger partial charge >= 0.3 is 0 Å². The van der Waals surface area contributed by atoms with Crippen LogP contribution in [0.3, 0.4) is 0 Å². The van der Waals surface area contributed by atoms with Crippen molar-refractivity contribution in [3.8, 4) is 0 Å². The van der Waals surface area contributed by atoms with Crippen LogP contribution in [0.4, 0.5) is 0 Å². The van der Waals surface area contributed by atoms with Crippen LogP contribution in [0.1, 0.15) is 32.6 Å². The quantitative estimate of drug-likeness (QED) is 0.544. The Morgan fingerprint density at radius 2 is 1.88 bits per heavy atom. The van der Waals surface area contributed by atoms with Gasteiger partial charge in [0, 0.05) is 5.30 Å². The van der Waals surface area contributed by atoms with Gasteiger partial charge in [0.2, 0.25) is 0 Å². The van der Waals surface area contributed by atoms with Gasteiger partial charge in [-0.1, -0.05) is 56.5 Å². The first-order chi connectivity index (χ1) is 7.67. The summed E-state index contributed by atoms with van der Waals surface area (Å²) >= 11 is 0. The highest BCUT2D eigenvalue weighted by Crippen LogP contribution is 2.35. The van der Waals surface area contributed by atoms with Crippen LogP contribution in [0.5, 0.6) is 0 Å². The van der Waals surface area contributed by atoms with Crippen LogP contribution in [0.15, 0.2) is 30.3 Å². The molecule has 1 rings (SSSR count). The van der Waals surface area contributed by atoms with Gasteiger partial charge in [0.1, 0.15) is 0 Å². The van der Waals surface area contributed by atoms with Crippen molar-refractivity contribution in [2.24, 2.45) is 0 Å². The molecule has 0 N–H and O–H groups in total. The third-order valence-corrected chi connectivity index (χ3v) is 3.78.